The van der Waals surface area contributed by atoms with E-state index in [4.69, 9.17) is 16.3 Å². The number of allylic oxidation sites excluding steroid dienone is 1. The number of nitrogens with zero attached hydrogens (tertiary/aromatic N) is 1. The molecule has 0 amide bonds. The molecule has 23 heavy (non-hydrogen) atoms. The zero-order chi connectivity index (χ0) is 16.8. The van der Waals surface area contributed by atoms with Crippen molar-refractivity contribution in [2.75, 3.05) is 6.61 Å². The molecule has 0 spiro atoms. The van der Waals surface area contributed by atoms with Crippen LogP contribution < -0.4 is 4.74 Å². The maximum Gasteiger partial charge on any atom is 0.161 e. The van der Waals surface area contributed by atoms with Crippen LogP contribution in [0.5, 0.6) is 17.2 Å². The van der Waals surface area contributed by atoms with Crippen molar-refractivity contribution in [2.45, 2.75) is 13.3 Å². The Morgan fingerprint density at radius 3 is 2.70 bits per heavy atom. The van der Waals surface area contributed by atoms with Gasteiger partial charge in [-0.2, -0.15) is 0 Å². The molecule has 0 atom stereocenters. The summed E-state index contributed by atoms with van der Waals surface area (Å²) < 4.78 is 5.44. The predicted octanol–water partition coefficient (Wildman–Crippen LogP) is 4.63. The van der Waals surface area contributed by atoms with Gasteiger partial charge in [-0.05, 0) is 43.2 Å². The number of hydrogen-bond acceptors (Lipinski definition) is 4. The van der Waals surface area contributed by atoms with Crippen molar-refractivity contribution >= 4 is 23.5 Å². The molecule has 0 radical (unpaired) electrons. The Morgan fingerprint density at radius 1 is 1.26 bits per heavy atom. The van der Waals surface area contributed by atoms with Crippen LogP contribution in [-0.2, 0) is 6.42 Å². The van der Waals surface area contributed by atoms with Crippen LogP contribution in [0.15, 0.2) is 48.0 Å². The first kappa shape index (κ1) is 16.9. The highest BCUT2D eigenvalue weighted by Gasteiger charge is 2.09. The van der Waals surface area contributed by atoms with Crippen LogP contribution >= 0.6 is 11.6 Å². The fourth-order valence-electron chi connectivity index (χ4n) is 2.09. The molecule has 2 aromatic rings. The van der Waals surface area contributed by atoms with E-state index < -0.39 is 0 Å². The van der Waals surface area contributed by atoms with Gasteiger partial charge in [-0.25, -0.2) is 0 Å². The second kappa shape index (κ2) is 7.70. The monoisotopic (exact) mass is 331 g/mol. The van der Waals surface area contributed by atoms with Gasteiger partial charge in [-0.15, -0.1) is 6.58 Å². The molecule has 2 N–H and O–H groups in total. The minimum Gasteiger partial charge on any atom is -0.506 e. The highest BCUT2D eigenvalue weighted by molar-refractivity contribution is 6.30. The fourth-order valence-corrected chi connectivity index (χ4v) is 2.26. The Labute approximate surface area is 140 Å². The first-order valence-electron chi connectivity index (χ1n) is 7.17. The summed E-state index contributed by atoms with van der Waals surface area (Å²) >= 11 is 5.80. The lowest BCUT2D eigenvalue weighted by Crippen LogP contribution is -1.96. The summed E-state index contributed by atoms with van der Waals surface area (Å²) in [4.78, 5) is 4.25. The number of benzene rings is 2. The first-order valence-corrected chi connectivity index (χ1v) is 7.55. The number of halogens is 1. The van der Waals surface area contributed by atoms with Gasteiger partial charge in [0.05, 0.1) is 6.61 Å². The molecule has 0 aliphatic carbocycles. The SMILES string of the molecule is C=CCc1cc(C=Nc2ccc(Cl)cc2O)cc(OCC)c1O. The maximum atomic E-state index is 10.2. The van der Waals surface area contributed by atoms with Gasteiger partial charge in [0.1, 0.15) is 11.4 Å². The minimum absolute atomic E-state index is 0.00359. The third-order valence-corrected chi connectivity index (χ3v) is 3.37. The quantitative estimate of drug-likeness (QED) is 0.599. The van der Waals surface area contributed by atoms with Gasteiger partial charge in [0, 0.05) is 22.9 Å². The molecule has 5 heteroatoms. The molecule has 0 saturated carbocycles. The average molecular weight is 332 g/mol. The van der Waals surface area contributed by atoms with Crippen molar-refractivity contribution in [3.8, 4) is 17.2 Å². The van der Waals surface area contributed by atoms with E-state index in [2.05, 4.69) is 11.6 Å². The number of aromatic hydroxyl groups is 2. The number of phenolic OH excluding ortho intramolecular Hbond substituents is 2. The highest BCUT2D eigenvalue weighted by Crippen LogP contribution is 2.33. The number of aliphatic imine (C=N–C) groups is 1. The Morgan fingerprint density at radius 2 is 2.04 bits per heavy atom. The Kier molecular flexibility index (Phi) is 5.66. The van der Waals surface area contributed by atoms with E-state index >= 15 is 0 Å². The fraction of sp³-hybridized carbons (Fsp3) is 0.167. The standard InChI is InChI=1S/C18H18ClNO3/c1-3-5-13-8-12(9-17(18(13)22)23-4-2)11-20-15-7-6-14(19)10-16(15)21/h3,6-11,21-22H,1,4-5H2,2H3. The number of ether oxygens (including phenoxy) is 1. The summed E-state index contributed by atoms with van der Waals surface area (Å²) in [6.07, 6.45) is 3.81. The van der Waals surface area contributed by atoms with Crippen LogP contribution in [0.2, 0.25) is 5.02 Å². The van der Waals surface area contributed by atoms with Crippen molar-refractivity contribution in [3.05, 3.63) is 59.1 Å². The van der Waals surface area contributed by atoms with Crippen LogP contribution in [-0.4, -0.2) is 23.0 Å². The van der Waals surface area contributed by atoms with Gasteiger partial charge in [0.15, 0.2) is 11.5 Å². The topological polar surface area (TPSA) is 62.1 Å². The molecular weight excluding hydrogens is 314 g/mol. The van der Waals surface area contributed by atoms with Gasteiger partial charge < -0.3 is 14.9 Å². The number of hydrogen-bond donors (Lipinski definition) is 2. The lowest BCUT2D eigenvalue weighted by Gasteiger charge is -2.11. The van der Waals surface area contributed by atoms with Crippen LogP contribution in [0.25, 0.3) is 0 Å². The van der Waals surface area contributed by atoms with E-state index in [1.165, 1.54) is 6.07 Å². The molecule has 0 saturated heterocycles. The zero-order valence-corrected chi connectivity index (χ0v) is 13.5. The predicted molar refractivity (Wildman–Crippen MR) is 93.5 cm³/mol. The van der Waals surface area contributed by atoms with Crippen molar-refractivity contribution < 1.29 is 14.9 Å². The second-order valence-corrected chi connectivity index (χ2v) is 5.28. The lowest BCUT2D eigenvalue weighted by atomic mass is 10.1. The van der Waals surface area contributed by atoms with Gasteiger partial charge in [-0.3, -0.25) is 4.99 Å². The third kappa shape index (κ3) is 4.27. The van der Waals surface area contributed by atoms with Crippen molar-refractivity contribution in [1.82, 2.24) is 0 Å². The molecule has 0 aromatic heterocycles. The minimum atomic E-state index is 0.00359. The molecule has 2 rings (SSSR count). The Hall–Kier alpha value is -2.46. The van der Waals surface area contributed by atoms with E-state index in [1.54, 1.807) is 36.6 Å². The highest BCUT2D eigenvalue weighted by atomic mass is 35.5. The summed E-state index contributed by atoms with van der Waals surface area (Å²) in [5.41, 5.74) is 1.86. The van der Waals surface area contributed by atoms with Crippen LogP contribution in [0, 0.1) is 0 Å². The molecule has 120 valence electrons. The molecule has 0 bridgehead atoms. The summed E-state index contributed by atoms with van der Waals surface area (Å²) in [7, 11) is 0. The van der Waals surface area contributed by atoms with Crippen LogP contribution in [0.3, 0.4) is 0 Å². The lowest BCUT2D eigenvalue weighted by molar-refractivity contribution is 0.317. The summed E-state index contributed by atoms with van der Waals surface area (Å²) in [6.45, 7) is 5.98. The van der Waals surface area contributed by atoms with Crippen LogP contribution in [0.1, 0.15) is 18.1 Å². The van der Waals surface area contributed by atoms with E-state index in [1.807, 2.05) is 6.92 Å². The van der Waals surface area contributed by atoms with Crippen LogP contribution in [0.4, 0.5) is 5.69 Å². The molecule has 4 nitrogen and oxygen atoms in total. The molecule has 0 unspecified atom stereocenters. The Balaban J connectivity index is 2.38. The maximum absolute atomic E-state index is 10.2. The Bertz CT molecular complexity index is 741. The smallest absolute Gasteiger partial charge is 0.161 e. The van der Waals surface area contributed by atoms with Crippen molar-refractivity contribution in [3.63, 3.8) is 0 Å². The molecule has 0 fully saturated rings. The molecule has 2 aromatic carbocycles. The van der Waals surface area contributed by atoms with Gasteiger partial charge in [0.2, 0.25) is 0 Å². The normalized spacial score (nSPS) is 10.9. The van der Waals surface area contributed by atoms with E-state index in [9.17, 15) is 10.2 Å². The number of phenols is 2. The van der Waals surface area contributed by atoms with Crippen molar-refractivity contribution in [1.29, 1.82) is 0 Å². The molecule has 0 heterocycles. The number of rotatable bonds is 6. The largest absolute Gasteiger partial charge is 0.506 e. The average Bonchev–Trinajstić information content (AvgIpc) is 2.51. The summed E-state index contributed by atoms with van der Waals surface area (Å²) in [5.74, 6) is 0.510. The molecule has 0 aliphatic rings. The van der Waals surface area contributed by atoms with Gasteiger partial charge in [0.25, 0.3) is 0 Å². The molecule has 0 aliphatic heterocycles. The second-order valence-electron chi connectivity index (χ2n) is 4.84. The van der Waals surface area contributed by atoms with Crippen molar-refractivity contribution in [2.24, 2.45) is 4.99 Å². The zero-order valence-electron chi connectivity index (χ0n) is 12.8. The van der Waals surface area contributed by atoms with E-state index in [0.717, 1.165) is 5.56 Å². The third-order valence-electron chi connectivity index (χ3n) is 3.13. The van der Waals surface area contributed by atoms with E-state index in [0.29, 0.717) is 35.1 Å². The summed E-state index contributed by atoms with van der Waals surface area (Å²) in [5, 5.41) is 20.4. The van der Waals surface area contributed by atoms with E-state index in [-0.39, 0.29) is 11.5 Å². The first-order chi connectivity index (χ1) is 11.0. The molecular formula is C18H18ClNO3. The van der Waals surface area contributed by atoms with Gasteiger partial charge in [-0.1, -0.05) is 17.7 Å². The summed E-state index contributed by atoms with van der Waals surface area (Å²) in [6, 6.07) is 8.21. The van der Waals surface area contributed by atoms with Gasteiger partial charge >= 0.3 is 0 Å².